The Morgan fingerprint density at radius 2 is 1.93 bits per heavy atom. The van der Waals surface area contributed by atoms with E-state index in [4.69, 9.17) is 9.47 Å². The van der Waals surface area contributed by atoms with Crippen LogP contribution in [0.3, 0.4) is 0 Å². The molecule has 0 spiro atoms. The lowest BCUT2D eigenvalue weighted by atomic mass is 9.47. The van der Waals surface area contributed by atoms with Gasteiger partial charge in [0.2, 0.25) is 5.78 Å². The van der Waals surface area contributed by atoms with Crippen molar-refractivity contribution in [1.29, 1.82) is 0 Å². The van der Waals surface area contributed by atoms with Crippen LogP contribution < -0.4 is 0 Å². The van der Waals surface area contributed by atoms with E-state index in [1.54, 1.807) is 0 Å². The summed E-state index contributed by atoms with van der Waals surface area (Å²) in [6.45, 7) is 12.2. The van der Waals surface area contributed by atoms with Gasteiger partial charge in [-0.3, -0.25) is 9.59 Å². The molecule has 0 aromatic heterocycles. The van der Waals surface area contributed by atoms with Crippen molar-refractivity contribution in [2.75, 3.05) is 19.8 Å². The fraction of sp³-hybridized carbons (Fsp3) is 0.769. The average Bonchev–Trinajstić information content (AvgIpc) is 2.97. The summed E-state index contributed by atoms with van der Waals surface area (Å²) in [4.78, 5) is 25.6. The Kier molecular flexibility index (Phi) is 5.76. The van der Waals surface area contributed by atoms with E-state index < -0.39 is 0 Å². The summed E-state index contributed by atoms with van der Waals surface area (Å²) in [5.41, 5.74) is 1.26. The number of carbonyl (C=O) groups is 2. The quantitative estimate of drug-likeness (QED) is 0.605. The molecule has 0 aromatic carbocycles. The maximum Gasteiger partial charge on any atom is 0.220 e. The Hall–Kier alpha value is -1.42. The van der Waals surface area contributed by atoms with Crippen molar-refractivity contribution in [3.8, 4) is 0 Å². The molecule has 0 aliphatic heterocycles. The number of hydrogen-bond acceptors (Lipinski definition) is 4. The van der Waals surface area contributed by atoms with Gasteiger partial charge in [-0.05, 0) is 87.2 Å². The topological polar surface area (TPSA) is 52.6 Å². The zero-order valence-electron chi connectivity index (χ0n) is 19.3. The minimum Gasteiger partial charge on any atom is -0.490 e. The first-order valence-corrected chi connectivity index (χ1v) is 12.0. The molecule has 0 saturated heterocycles. The maximum absolute atomic E-state index is 13.1. The van der Waals surface area contributed by atoms with Crippen molar-refractivity contribution in [3.63, 3.8) is 0 Å². The molecule has 0 unspecified atom stereocenters. The molecule has 0 heterocycles. The summed E-state index contributed by atoms with van der Waals surface area (Å²) in [5, 5.41) is 0. The van der Waals surface area contributed by atoms with Crippen molar-refractivity contribution in [2.45, 2.75) is 66.7 Å². The fourth-order valence-electron chi connectivity index (χ4n) is 7.87. The highest BCUT2D eigenvalue weighted by molar-refractivity contribution is 6.04. The van der Waals surface area contributed by atoms with Gasteiger partial charge in [0, 0.05) is 17.9 Å². The number of rotatable bonds is 6. The van der Waals surface area contributed by atoms with Gasteiger partial charge >= 0.3 is 0 Å². The van der Waals surface area contributed by atoms with Crippen LogP contribution >= 0.6 is 0 Å². The van der Waals surface area contributed by atoms with E-state index in [1.807, 2.05) is 19.9 Å². The monoisotopic (exact) mass is 414 g/mol. The zero-order valence-corrected chi connectivity index (χ0v) is 19.3. The minimum atomic E-state index is -0.0979. The van der Waals surface area contributed by atoms with Crippen LogP contribution in [0.15, 0.2) is 23.5 Å². The Labute approximate surface area is 181 Å². The Balaban J connectivity index is 1.63. The highest BCUT2D eigenvalue weighted by Crippen LogP contribution is 2.67. The van der Waals surface area contributed by atoms with E-state index in [0.29, 0.717) is 48.4 Å². The van der Waals surface area contributed by atoms with Gasteiger partial charge in [-0.2, -0.15) is 0 Å². The van der Waals surface area contributed by atoms with Gasteiger partial charge in [-0.15, -0.1) is 0 Å². The first-order valence-electron chi connectivity index (χ1n) is 12.0. The summed E-state index contributed by atoms with van der Waals surface area (Å²) in [7, 11) is 0. The number of ether oxygens (including phenoxy) is 2. The number of ketones is 2. The van der Waals surface area contributed by atoms with E-state index in [-0.39, 0.29) is 29.1 Å². The van der Waals surface area contributed by atoms with Crippen LogP contribution in [0.5, 0.6) is 0 Å². The lowest BCUT2D eigenvalue weighted by Crippen LogP contribution is -2.51. The van der Waals surface area contributed by atoms with Gasteiger partial charge in [-0.25, -0.2) is 0 Å². The van der Waals surface area contributed by atoms with Crippen LogP contribution in [0.25, 0.3) is 0 Å². The largest absolute Gasteiger partial charge is 0.490 e. The molecule has 7 atom stereocenters. The molecule has 3 fully saturated rings. The lowest BCUT2D eigenvalue weighted by Gasteiger charge is -2.57. The van der Waals surface area contributed by atoms with E-state index in [9.17, 15) is 9.59 Å². The van der Waals surface area contributed by atoms with Crippen molar-refractivity contribution in [1.82, 2.24) is 0 Å². The Morgan fingerprint density at radius 1 is 1.17 bits per heavy atom. The number of hydrogen-bond donors (Lipinski definition) is 0. The molecule has 0 aromatic rings. The summed E-state index contributed by atoms with van der Waals surface area (Å²) in [6.07, 6.45) is 9.45. The SMILES string of the molecule is CCOCC(=O)[C@H]1[C@H](C)C[C@H]2[C@@H]3CCC4=CC(=O)C(OCC)=C[C@]4(C)[C@H]3CC[C@@]21C. The zero-order chi connectivity index (χ0) is 21.7. The molecule has 3 saturated carbocycles. The van der Waals surface area contributed by atoms with Crippen LogP contribution in [0.2, 0.25) is 0 Å². The van der Waals surface area contributed by atoms with Crippen molar-refractivity contribution in [3.05, 3.63) is 23.5 Å². The second-order valence-corrected chi connectivity index (χ2v) is 10.5. The standard InChI is InChI=1S/C26H38O4/c1-6-29-15-22(28)24-16(3)12-20-18-9-8-17-13-21(27)23(30-7-2)14-26(17,5)19(18)10-11-25(20,24)4/h13-14,16,18-20,24H,6-12,15H2,1-5H3/t16-,18-,19+,20+,24-,25+,26+/m1/s1. The molecule has 0 N–H and O–H groups in total. The first kappa shape index (κ1) is 21.8. The molecule has 0 radical (unpaired) electrons. The van der Waals surface area contributed by atoms with Gasteiger partial charge in [0.1, 0.15) is 6.61 Å². The Morgan fingerprint density at radius 3 is 2.63 bits per heavy atom. The summed E-state index contributed by atoms with van der Waals surface area (Å²) in [6, 6.07) is 0. The van der Waals surface area contributed by atoms with Crippen LogP contribution in [-0.2, 0) is 19.1 Å². The molecule has 4 rings (SSSR count). The van der Waals surface area contributed by atoms with Crippen LogP contribution in [0.4, 0.5) is 0 Å². The smallest absolute Gasteiger partial charge is 0.220 e. The number of Topliss-reactive ketones (excluding diaryl/α,β-unsaturated/α-hetero) is 1. The highest BCUT2D eigenvalue weighted by Gasteiger charge is 2.61. The molecule has 4 aliphatic rings. The average molecular weight is 415 g/mol. The molecule has 166 valence electrons. The molecule has 30 heavy (non-hydrogen) atoms. The van der Waals surface area contributed by atoms with E-state index >= 15 is 0 Å². The van der Waals surface area contributed by atoms with Gasteiger partial charge in [0.15, 0.2) is 11.5 Å². The van der Waals surface area contributed by atoms with Crippen LogP contribution in [0, 0.1) is 40.4 Å². The number of allylic oxidation sites excluding steroid dienone is 3. The third kappa shape index (κ3) is 3.21. The third-order valence-electron chi connectivity index (χ3n) is 9.06. The third-order valence-corrected chi connectivity index (χ3v) is 9.06. The van der Waals surface area contributed by atoms with E-state index in [2.05, 4.69) is 26.8 Å². The van der Waals surface area contributed by atoms with Gasteiger partial charge in [-0.1, -0.05) is 26.3 Å². The fourth-order valence-corrected chi connectivity index (χ4v) is 7.87. The van der Waals surface area contributed by atoms with Crippen molar-refractivity contribution in [2.24, 2.45) is 40.4 Å². The molecule has 0 amide bonds. The predicted octanol–water partition coefficient (Wildman–Crippen LogP) is 5.13. The number of carbonyl (C=O) groups excluding carboxylic acids is 2. The van der Waals surface area contributed by atoms with Gasteiger partial charge in [0.05, 0.1) is 6.61 Å². The molecule has 4 aliphatic carbocycles. The molecular formula is C26H38O4. The highest BCUT2D eigenvalue weighted by atomic mass is 16.5. The van der Waals surface area contributed by atoms with Crippen LogP contribution in [0.1, 0.15) is 66.7 Å². The van der Waals surface area contributed by atoms with Crippen LogP contribution in [-0.4, -0.2) is 31.4 Å². The first-order chi connectivity index (χ1) is 14.3. The number of fused-ring (bicyclic) bond motifs is 5. The maximum atomic E-state index is 13.1. The summed E-state index contributed by atoms with van der Waals surface area (Å²) >= 11 is 0. The molecule has 4 heteroatoms. The Bertz CT molecular complexity index is 780. The van der Waals surface area contributed by atoms with Gasteiger partial charge in [0.25, 0.3) is 0 Å². The molecule has 4 nitrogen and oxygen atoms in total. The summed E-state index contributed by atoms with van der Waals surface area (Å²) in [5.74, 6) is 3.08. The van der Waals surface area contributed by atoms with E-state index in [1.165, 1.54) is 5.57 Å². The molecular weight excluding hydrogens is 376 g/mol. The second kappa shape index (κ2) is 7.93. The van der Waals surface area contributed by atoms with Gasteiger partial charge < -0.3 is 9.47 Å². The second-order valence-electron chi connectivity index (χ2n) is 10.5. The lowest BCUT2D eigenvalue weighted by molar-refractivity contribution is -0.135. The van der Waals surface area contributed by atoms with Crippen molar-refractivity contribution < 1.29 is 19.1 Å². The minimum absolute atomic E-state index is 0.0273. The van der Waals surface area contributed by atoms with Crippen molar-refractivity contribution >= 4 is 11.6 Å². The molecule has 0 bridgehead atoms. The van der Waals surface area contributed by atoms with E-state index in [0.717, 1.165) is 32.1 Å². The summed E-state index contributed by atoms with van der Waals surface area (Å²) < 4.78 is 11.2. The normalized spacial score (nSPS) is 42.6. The predicted molar refractivity (Wildman–Crippen MR) is 117 cm³/mol.